The lowest BCUT2D eigenvalue weighted by Gasteiger charge is -2.11. The van der Waals surface area contributed by atoms with E-state index in [0.29, 0.717) is 27.5 Å². The van der Waals surface area contributed by atoms with Crippen LogP contribution < -0.4 is 9.47 Å². The van der Waals surface area contributed by atoms with Gasteiger partial charge in [-0.05, 0) is 24.3 Å². The van der Waals surface area contributed by atoms with E-state index in [1.54, 1.807) is 12.1 Å². The van der Waals surface area contributed by atoms with Gasteiger partial charge in [-0.3, -0.25) is 4.79 Å². The van der Waals surface area contributed by atoms with E-state index in [1.165, 1.54) is 18.9 Å². The zero-order valence-electron chi connectivity index (χ0n) is 12.4. The number of rotatable bonds is 4. The highest BCUT2D eigenvalue weighted by Crippen LogP contribution is 2.42. The Morgan fingerprint density at radius 1 is 1.22 bits per heavy atom. The van der Waals surface area contributed by atoms with E-state index in [-0.39, 0.29) is 12.4 Å². The third-order valence-electron chi connectivity index (χ3n) is 3.37. The van der Waals surface area contributed by atoms with Crippen LogP contribution in [0.2, 0.25) is 0 Å². The maximum atomic E-state index is 12.5. The molecule has 0 spiro atoms. The average molecular weight is 323 g/mol. The van der Waals surface area contributed by atoms with E-state index < -0.39 is 0 Å². The SMILES string of the molecule is COc1cccc(/C=C2\Sc3ccccc3C2=O)c1OCC#N. The molecule has 0 N–H and O–H groups in total. The monoisotopic (exact) mass is 323 g/mol. The second-order valence-electron chi connectivity index (χ2n) is 4.76. The van der Waals surface area contributed by atoms with Gasteiger partial charge in [0.25, 0.3) is 0 Å². The number of ketones is 1. The summed E-state index contributed by atoms with van der Waals surface area (Å²) in [6, 6.07) is 14.9. The fourth-order valence-corrected chi connectivity index (χ4v) is 3.39. The van der Waals surface area contributed by atoms with Crippen molar-refractivity contribution < 1.29 is 14.3 Å². The number of carbonyl (C=O) groups is 1. The van der Waals surface area contributed by atoms with E-state index in [1.807, 2.05) is 42.5 Å². The van der Waals surface area contributed by atoms with Gasteiger partial charge in [0.2, 0.25) is 5.78 Å². The normalized spacial score (nSPS) is 14.4. The van der Waals surface area contributed by atoms with E-state index in [0.717, 1.165) is 4.90 Å². The molecule has 0 unspecified atom stereocenters. The molecule has 1 aliphatic heterocycles. The highest BCUT2D eigenvalue weighted by atomic mass is 32.2. The topological polar surface area (TPSA) is 59.3 Å². The van der Waals surface area contributed by atoms with Gasteiger partial charge in [0.05, 0.1) is 12.0 Å². The number of methoxy groups -OCH3 is 1. The number of hydrogen-bond donors (Lipinski definition) is 0. The van der Waals surface area contributed by atoms with Crippen molar-refractivity contribution in [1.82, 2.24) is 0 Å². The molecular formula is C18H13NO3S. The number of hydrogen-bond acceptors (Lipinski definition) is 5. The van der Waals surface area contributed by atoms with Crippen molar-refractivity contribution in [3.05, 3.63) is 58.5 Å². The van der Waals surface area contributed by atoms with Crippen molar-refractivity contribution in [1.29, 1.82) is 5.26 Å². The fourth-order valence-electron chi connectivity index (χ4n) is 2.34. The Labute approximate surface area is 138 Å². The Morgan fingerprint density at radius 2 is 2.04 bits per heavy atom. The Bertz CT molecular complexity index is 836. The van der Waals surface area contributed by atoms with Crippen LogP contribution in [0.5, 0.6) is 11.5 Å². The van der Waals surface area contributed by atoms with Crippen LogP contribution in [0.15, 0.2) is 52.3 Å². The summed E-state index contributed by atoms with van der Waals surface area (Å²) in [6.07, 6.45) is 1.78. The van der Waals surface area contributed by atoms with Gasteiger partial charge in [0, 0.05) is 16.0 Å². The van der Waals surface area contributed by atoms with Crippen LogP contribution in [-0.4, -0.2) is 19.5 Å². The Hall–Kier alpha value is -2.71. The molecule has 0 bridgehead atoms. The molecule has 4 nitrogen and oxygen atoms in total. The molecule has 114 valence electrons. The molecule has 2 aromatic rings. The van der Waals surface area contributed by atoms with Crippen LogP contribution in [0.25, 0.3) is 6.08 Å². The van der Waals surface area contributed by atoms with Crippen LogP contribution in [0, 0.1) is 11.3 Å². The van der Waals surface area contributed by atoms with Crippen molar-refractivity contribution >= 4 is 23.6 Å². The lowest BCUT2D eigenvalue weighted by molar-refractivity contribution is 0.104. The molecule has 1 heterocycles. The number of nitriles is 1. The minimum Gasteiger partial charge on any atom is -0.493 e. The van der Waals surface area contributed by atoms with Crippen LogP contribution in [0.3, 0.4) is 0 Å². The molecule has 3 rings (SSSR count). The molecule has 0 fully saturated rings. The average Bonchev–Trinajstić information content (AvgIpc) is 2.90. The number of fused-ring (bicyclic) bond motifs is 1. The zero-order valence-corrected chi connectivity index (χ0v) is 13.2. The van der Waals surface area contributed by atoms with Gasteiger partial charge >= 0.3 is 0 Å². The number of ether oxygens (including phenoxy) is 2. The maximum Gasteiger partial charge on any atom is 0.200 e. The largest absolute Gasteiger partial charge is 0.493 e. The first-order valence-electron chi connectivity index (χ1n) is 6.94. The quantitative estimate of drug-likeness (QED) is 0.798. The number of Topliss-reactive ketones (excluding diaryl/α,β-unsaturated/α-hetero) is 1. The molecule has 0 saturated carbocycles. The van der Waals surface area contributed by atoms with Gasteiger partial charge in [-0.15, -0.1) is 0 Å². The molecule has 0 saturated heterocycles. The molecule has 1 aliphatic rings. The highest BCUT2D eigenvalue weighted by molar-refractivity contribution is 8.04. The summed E-state index contributed by atoms with van der Waals surface area (Å²) < 4.78 is 10.8. The Morgan fingerprint density at radius 3 is 2.78 bits per heavy atom. The van der Waals surface area contributed by atoms with E-state index in [4.69, 9.17) is 14.7 Å². The molecule has 5 heteroatoms. The molecule has 23 heavy (non-hydrogen) atoms. The third-order valence-corrected chi connectivity index (χ3v) is 4.47. The number of benzene rings is 2. The molecule has 0 amide bonds. The van der Waals surface area contributed by atoms with Crippen molar-refractivity contribution in [2.75, 3.05) is 13.7 Å². The predicted octanol–water partition coefficient (Wildman–Crippen LogP) is 3.93. The summed E-state index contributed by atoms with van der Waals surface area (Å²) in [7, 11) is 1.54. The second-order valence-corrected chi connectivity index (χ2v) is 5.85. The first-order valence-corrected chi connectivity index (χ1v) is 7.76. The van der Waals surface area contributed by atoms with Gasteiger partial charge in [-0.2, -0.15) is 5.26 Å². The molecule has 2 aromatic carbocycles. The van der Waals surface area contributed by atoms with Gasteiger partial charge < -0.3 is 9.47 Å². The number of nitrogens with zero attached hydrogens (tertiary/aromatic N) is 1. The number of thioether (sulfide) groups is 1. The van der Waals surface area contributed by atoms with E-state index in [9.17, 15) is 4.79 Å². The maximum absolute atomic E-state index is 12.5. The molecule has 0 aromatic heterocycles. The highest BCUT2D eigenvalue weighted by Gasteiger charge is 2.25. The van der Waals surface area contributed by atoms with Gasteiger partial charge in [0.15, 0.2) is 18.1 Å². The summed E-state index contributed by atoms with van der Waals surface area (Å²) in [6.45, 7) is -0.0855. The Balaban J connectivity index is 2.01. The summed E-state index contributed by atoms with van der Waals surface area (Å²) in [4.78, 5) is 14.0. The lowest BCUT2D eigenvalue weighted by atomic mass is 10.1. The number of para-hydroxylation sites is 1. The van der Waals surface area contributed by atoms with Gasteiger partial charge in [-0.1, -0.05) is 36.0 Å². The molecular weight excluding hydrogens is 310 g/mol. The smallest absolute Gasteiger partial charge is 0.200 e. The van der Waals surface area contributed by atoms with Crippen LogP contribution in [0.4, 0.5) is 0 Å². The molecule has 0 radical (unpaired) electrons. The van der Waals surface area contributed by atoms with Crippen molar-refractivity contribution in [2.45, 2.75) is 4.90 Å². The summed E-state index contributed by atoms with van der Waals surface area (Å²) in [5.74, 6) is 0.996. The fraction of sp³-hybridized carbons (Fsp3) is 0.111. The van der Waals surface area contributed by atoms with Crippen LogP contribution in [-0.2, 0) is 0 Å². The number of allylic oxidation sites excluding steroid dienone is 1. The first kappa shape index (κ1) is 15.2. The third kappa shape index (κ3) is 2.94. The summed E-state index contributed by atoms with van der Waals surface area (Å²) in [5.41, 5.74) is 1.43. The predicted molar refractivity (Wildman–Crippen MR) is 88.7 cm³/mol. The minimum absolute atomic E-state index is 0.000321. The van der Waals surface area contributed by atoms with Gasteiger partial charge in [0.1, 0.15) is 6.07 Å². The second kappa shape index (κ2) is 6.59. The number of carbonyl (C=O) groups excluding carboxylic acids is 1. The van der Waals surface area contributed by atoms with Crippen LogP contribution in [0.1, 0.15) is 15.9 Å². The standard InChI is InChI=1S/C18H13NO3S/c1-21-14-7-4-5-12(18(14)22-10-9-19)11-16-17(20)13-6-2-3-8-15(13)23-16/h2-8,11H,10H2,1H3/b16-11-. The van der Waals surface area contributed by atoms with Crippen molar-refractivity contribution in [3.63, 3.8) is 0 Å². The zero-order chi connectivity index (χ0) is 16.2. The van der Waals surface area contributed by atoms with E-state index in [2.05, 4.69) is 0 Å². The van der Waals surface area contributed by atoms with Crippen molar-refractivity contribution in [2.24, 2.45) is 0 Å². The van der Waals surface area contributed by atoms with Crippen LogP contribution >= 0.6 is 11.8 Å². The van der Waals surface area contributed by atoms with Gasteiger partial charge in [-0.25, -0.2) is 0 Å². The summed E-state index contributed by atoms with van der Waals surface area (Å²) in [5, 5.41) is 8.74. The minimum atomic E-state index is -0.0855. The first-order chi connectivity index (χ1) is 11.2. The molecule has 0 aliphatic carbocycles. The molecule has 0 atom stereocenters. The summed E-state index contributed by atoms with van der Waals surface area (Å²) >= 11 is 1.44. The lowest BCUT2D eigenvalue weighted by Crippen LogP contribution is -1.99. The van der Waals surface area contributed by atoms with Crippen molar-refractivity contribution in [3.8, 4) is 17.6 Å². The Kier molecular flexibility index (Phi) is 4.35. The van der Waals surface area contributed by atoms with E-state index >= 15 is 0 Å².